The van der Waals surface area contributed by atoms with E-state index in [9.17, 15) is 18.0 Å². The second-order valence-electron chi connectivity index (χ2n) is 11.5. The number of amides is 2. The number of thioether (sulfide) groups is 1. The zero-order valence-corrected chi connectivity index (χ0v) is 28.9. The zero-order chi connectivity index (χ0) is 33.3. The van der Waals surface area contributed by atoms with Crippen LogP contribution in [0.25, 0.3) is 0 Å². The van der Waals surface area contributed by atoms with Gasteiger partial charge in [0.25, 0.3) is 10.0 Å². The van der Waals surface area contributed by atoms with Gasteiger partial charge in [-0.2, -0.15) is 0 Å². The van der Waals surface area contributed by atoms with Gasteiger partial charge >= 0.3 is 0 Å². The topological polar surface area (TPSA) is 86.8 Å². The smallest absolute Gasteiger partial charge is 0.264 e. The Morgan fingerprint density at radius 3 is 2.11 bits per heavy atom. The summed E-state index contributed by atoms with van der Waals surface area (Å²) >= 11 is 8.07. The molecule has 4 aromatic carbocycles. The van der Waals surface area contributed by atoms with Crippen molar-refractivity contribution in [2.75, 3.05) is 23.7 Å². The van der Waals surface area contributed by atoms with Gasteiger partial charge in [0, 0.05) is 29.4 Å². The Kier molecular flexibility index (Phi) is 12.3. The third-order valence-corrected chi connectivity index (χ3v) is 10.4. The summed E-state index contributed by atoms with van der Waals surface area (Å²) < 4.78 is 29.5. The Morgan fingerprint density at radius 1 is 0.870 bits per heavy atom. The molecule has 242 valence electrons. The van der Waals surface area contributed by atoms with Gasteiger partial charge < -0.3 is 10.2 Å². The summed E-state index contributed by atoms with van der Waals surface area (Å²) in [5, 5.41) is 3.44. The highest BCUT2D eigenvalue weighted by Gasteiger charge is 2.35. The van der Waals surface area contributed by atoms with Crippen molar-refractivity contribution in [2.45, 2.75) is 49.6 Å². The maximum atomic E-state index is 14.6. The molecule has 0 heterocycles. The molecule has 0 saturated heterocycles. The van der Waals surface area contributed by atoms with Gasteiger partial charge in [-0.1, -0.05) is 91.7 Å². The average molecular weight is 678 g/mol. The van der Waals surface area contributed by atoms with Crippen molar-refractivity contribution in [1.82, 2.24) is 10.2 Å². The fourth-order valence-electron chi connectivity index (χ4n) is 4.90. The minimum atomic E-state index is -4.18. The molecule has 2 amide bonds. The Morgan fingerprint density at radius 2 is 1.50 bits per heavy atom. The van der Waals surface area contributed by atoms with E-state index in [0.717, 1.165) is 20.3 Å². The van der Waals surface area contributed by atoms with Crippen LogP contribution in [0.2, 0.25) is 5.02 Å². The van der Waals surface area contributed by atoms with Crippen molar-refractivity contribution in [2.24, 2.45) is 5.92 Å². The van der Waals surface area contributed by atoms with E-state index in [0.29, 0.717) is 22.8 Å². The van der Waals surface area contributed by atoms with Gasteiger partial charge in [0.1, 0.15) is 12.6 Å². The molecule has 4 rings (SSSR count). The first kappa shape index (κ1) is 35.1. The molecule has 0 fully saturated rings. The molecule has 1 N–H and O–H groups in total. The van der Waals surface area contributed by atoms with Crippen LogP contribution in [-0.4, -0.2) is 50.5 Å². The number of nitrogens with zero attached hydrogens (tertiary/aromatic N) is 2. The number of halogens is 1. The predicted molar refractivity (Wildman–Crippen MR) is 188 cm³/mol. The molecule has 10 heteroatoms. The van der Waals surface area contributed by atoms with Gasteiger partial charge in [-0.05, 0) is 72.7 Å². The first-order valence-corrected chi connectivity index (χ1v) is 18.1. The lowest BCUT2D eigenvalue weighted by Crippen LogP contribution is -2.53. The molecule has 0 aromatic heterocycles. The molecule has 0 aliphatic carbocycles. The normalized spacial score (nSPS) is 12.0. The first-order chi connectivity index (χ1) is 22.0. The highest BCUT2D eigenvalue weighted by atomic mass is 35.5. The number of aryl methyl sites for hydroxylation is 1. The highest BCUT2D eigenvalue weighted by Crippen LogP contribution is 2.27. The summed E-state index contributed by atoms with van der Waals surface area (Å²) in [7, 11) is -4.18. The van der Waals surface area contributed by atoms with Crippen LogP contribution in [0.1, 0.15) is 30.5 Å². The lowest BCUT2D eigenvalue weighted by atomic mass is 10.0. The molecular formula is C36H40ClN3O4S2. The molecule has 1 atom stereocenters. The van der Waals surface area contributed by atoms with E-state index >= 15 is 0 Å². The Labute approximate surface area is 282 Å². The number of benzene rings is 4. The summed E-state index contributed by atoms with van der Waals surface area (Å²) in [5.41, 5.74) is 2.79. The van der Waals surface area contributed by atoms with Crippen LogP contribution in [0.5, 0.6) is 0 Å². The van der Waals surface area contributed by atoms with Crippen LogP contribution >= 0.6 is 23.4 Å². The number of nitrogens with one attached hydrogen (secondary N) is 1. The molecular weight excluding hydrogens is 638 g/mol. The second kappa shape index (κ2) is 16.2. The molecule has 0 saturated carbocycles. The lowest BCUT2D eigenvalue weighted by Gasteiger charge is -2.34. The van der Waals surface area contributed by atoms with Gasteiger partial charge in [-0.15, -0.1) is 11.8 Å². The lowest BCUT2D eigenvalue weighted by molar-refractivity contribution is -0.140. The molecule has 0 spiro atoms. The number of hydrogen-bond donors (Lipinski definition) is 1. The van der Waals surface area contributed by atoms with Crippen LogP contribution in [0.4, 0.5) is 5.69 Å². The molecule has 7 nitrogen and oxygen atoms in total. The first-order valence-electron chi connectivity index (χ1n) is 15.1. The summed E-state index contributed by atoms with van der Waals surface area (Å²) in [4.78, 5) is 30.9. The van der Waals surface area contributed by atoms with Crippen molar-refractivity contribution in [3.8, 4) is 0 Å². The monoisotopic (exact) mass is 677 g/mol. The third kappa shape index (κ3) is 9.15. The summed E-state index contributed by atoms with van der Waals surface area (Å²) in [6, 6.07) is 29.2. The molecule has 4 aromatic rings. The van der Waals surface area contributed by atoms with Crippen molar-refractivity contribution in [3.63, 3.8) is 0 Å². The van der Waals surface area contributed by atoms with Crippen LogP contribution in [0, 0.1) is 12.8 Å². The quantitative estimate of drug-likeness (QED) is 0.146. The number of hydrogen-bond acceptors (Lipinski definition) is 5. The molecule has 46 heavy (non-hydrogen) atoms. The molecule has 0 aliphatic rings. The van der Waals surface area contributed by atoms with Gasteiger partial charge in [0.15, 0.2) is 0 Å². The van der Waals surface area contributed by atoms with Crippen molar-refractivity contribution >= 4 is 50.9 Å². The Hall–Kier alpha value is -3.79. The SMILES string of the molecule is CSc1ccc(S(=O)(=O)N(CC(=O)N(Cc2ccccc2Cl)[C@H](Cc2ccccc2)C(=O)NCC(C)C)c2ccc(C)cc2)cc1. The van der Waals surface area contributed by atoms with Gasteiger partial charge in [0.05, 0.1) is 10.6 Å². The van der Waals surface area contributed by atoms with Gasteiger partial charge in [0.2, 0.25) is 11.8 Å². The van der Waals surface area contributed by atoms with Gasteiger partial charge in [-0.3, -0.25) is 13.9 Å². The number of anilines is 1. The number of sulfonamides is 1. The number of carbonyl (C=O) groups is 2. The highest BCUT2D eigenvalue weighted by molar-refractivity contribution is 7.98. The predicted octanol–water partition coefficient (Wildman–Crippen LogP) is 6.98. The molecule has 0 radical (unpaired) electrons. The van der Waals surface area contributed by atoms with E-state index < -0.39 is 28.5 Å². The Bertz CT molecular complexity index is 1710. The zero-order valence-electron chi connectivity index (χ0n) is 26.5. The van der Waals surface area contributed by atoms with Crippen molar-refractivity contribution in [3.05, 3.63) is 125 Å². The van der Waals surface area contributed by atoms with Crippen LogP contribution < -0.4 is 9.62 Å². The second-order valence-corrected chi connectivity index (χ2v) is 14.6. The third-order valence-electron chi connectivity index (χ3n) is 7.50. The number of rotatable bonds is 14. The minimum absolute atomic E-state index is 0.00924. The van der Waals surface area contributed by atoms with E-state index in [-0.39, 0.29) is 29.7 Å². The van der Waals surface area contributed by atoms with Crippen molar-refractivity contribution in [1.29, 1.82) is 0 Å². The fourth-order valence-corrected chi connectivity index (χ4v) is 6.92. The summed E-state index contributed by atoms with van der Waals surface area (Å²) in [6.45, 7) is 5.81. The minimum Gasteiger partial charge on any atom is -0.354 e. The standard InChI is InChI=1S/C36H40ClN3O4S2/c1-26(2)23-38-36(42)34(22-28-10-6-5-7-11-28)39(24-29-12-8-9-13-33(29)37)35(41)25-40(30-16-14-27(3)15-17-30)46(43,44)32-20-18-31(45-4)19-21-32/h5-21,26,34H,22-25H2,1-4H3,(H,38,42)/t34-/m1/s1. The van der Waals surface area contributed by atoms with E-state index in [1.54, 1.807) is 66.7 Å². The maximum absolute atomic E-state index is 14.6. The number of carbonyl (C=O) groups excluding carboxylic acids is 2. The molecule has 0 unspecified atom stereocenters. The van der Waals surface area contributed by atoms with Gasteiger partial charge in [-0.25, -0.2) is 8.42 Å². The van der Waals surface area contributed by atoms with Crippen LogP contribution in [0.3, 0.4) is 0 Å². The van der Waals surface area contributed by atoms with Crippen molar-refractivity contribution < 1.29 is 18.0 Å². The summed E-state index contributed by atoms with van der Waals surface area (Å²) in [5.74, 6) is -0.672. The fraction of sp³-hybridized carbons (Fsp3) is 0.278. The van der Waals surface area contributed by atoms with Crippen LogP contribution in [-0.2, 0) is 32.6 Å². The van der Waals surface area contributed by atoms with E-state index in [1.165, 1.54) is 16.7 Å². The van der Waals surface area contributed by atoms with E-state index in [1.807, 2.05) is 63.4 Å². The average Bonchev–Trinajstić information content (AvgIpc) is 3.05. The Balaban J connectivity index is 1.80. The molecule has 0 bridgehead atoms. The van der Waals surface area contributed by atoms with E-state index in [4.69, 9.17) is 11.6 Å². The largest absolute Gasteiger partial charge is 0.354 e. The van der Waals surface area contributed by atoms with E-state index in [2.05, 4.69) is 5.32 Å². The van der Waals surface area contributed by atoms with Crippen LogP contribution in [0.15, 0.2) is 113 Å². The summed E-state index contributed by atoms with van der Waals surface area (Å²) in [6.07, 6.45) is 2.14. The molecule has 0 aliphatic heterocycles. The maximum Gasteiger partial charge on any atom is 0.264 e.